The molecule has 0 aromatic carbocycles. The summed E-state index contributed by atoms with van der Waals surface area (Å²) in [6, 6.07) is -0.350. The number of urea groups is 1. The van der Waals surface area contributed by atoms with Crippen LogP contribution in [0.3, 0.4) is 0 Å². The standard InChI is InChI=1S/C12H20N2O4/c15-10(6-5-7-11(16)17)13-12(18)14-8-3-1-2-4-9-14/h1-9H2,(H,16,17)(H,13,15,18). The molecule has 102 valence electrons. The molecule has 0 aliphatic carbocycles. The lowest BCUT2D eigenvalue weighted by Gasteiger charge is -2.20. The lowest BCUT2D eigenvalue weighted by molar-refractivity contribution is -0.137. The van der Waals surface area contributed by atoms with Crippen molar-refractivity contribution in [3.05, 3.63) is 0 Å². The highest BCUT2D eigenvalue weighted by Crippen LogP contribution is 2.09. The molecule has 2 N–H and O–H groups in total. The number of hydrogen-bond donors (Lipinski definition) is 2. The molecule has 1 rings (SSSR count). The van der Waals surface area contributed by atoms with Crippen molar-refractivity contribution in [2.45, 2.75) is 44.9 Å². The number of carboxylic acids is 1. The second kappa shape index (κ2) is 7.68. The number of imide groups is 1. The second-order valence-electron chi connectivity index (χ2n) is 4.50. The number of aliphatic carboxylic acids is 1. The molecule has 1 aliphatic heterocycles. The summed E-state index contributed by atoms with van der Waals surface area (Å²) in [5.74, 6) is -1.33. The Kier molecular flexibility index (Phi) is 6.18. The Bertz CT molecular complexity index is 309. The summed E-state index contributed by atoms with van der Waals surface area (Å²) in [6.07, 6.45) is 4.47. The van der Waals surface area contributed by atoms with E-state index in [1.54, 1.807) is 4.90 Å². The van der Waals surface area contributed by atoms with Crippen molar-refractivity contribution < 1.29 is 19.5 Å². The average molecular weight is 256 g/mol. The molecule has 0 saturated carbocycles. The van der Waals surface area contributed by atoms with Gasteiger partial charge in [0.1, 0.15) is 0 Å². The molecule has 0 aromatic rings. The quantitative estimate of drug-likeness (QED) is 0.795. The third-order valence-electron chi connectivity index (χ3n) is 2.93. The summed E-state index contributed by atoms with van der Waals surface area (Å²) in [4.78, 5) is 35.1. The van der Waals surface area contributed by atoms with Crippen LogP contribution in [0.25, 0.3) is 0 Å². The van der Waals surface area contributed by atoms with Crippen molar-refractivity contribution in [3.8, 4) is 0 Å². The number of carbonyl (C=O) groups is 3. The monoisotopic (exact) mass is 256 g/mol. The van der Waals surface area contributed by atoms with Crippen LogP contribution in [0.2, 0.25) is 0 Å². The summed E-state index contributed by atoms with van der Waals surface area (Å²) in [6.45, 7) is 1.38. The molecule has 0 bridgehead atoms. The number of rotatable bonds is 4. The minimum absolute atomic E-state index is 0.0503. The molecule has 1 aliphatic rings. The van der Waals surface area contributed by atoms with Crippen LogP contribution < -0.4 is 5.32 Å². The van der Waals surface area contributed by atoms with Gasteiger partial charge in [0.25, 0.3) is 0 Å². The Morgan fingerprint density at radius 1 is 1.00 bits per heavy atom. The maximum Gasteiger partial charge on any atom is 0.324 e. The number of amides is 3. The number of likely N-dealkylation sites (tertiary alicyclic amines) is 1. The fraction of sp³-hybridized carbons (Fsp3) is 0.750. The molecule has 0 unspecified atom stereocenters. The first-order valence-electron chi connectivity index (χ1n) is 6.40. The highest BCUT2D eigenvalue weighted by atomic mass is 16.4. The number of nitrogens with one attached hydrogen (secondary N) is 1. The predicted molar refractivity (Wildman–Crippen MR) is 65.1 cm³/mol. The van der Waals surface area contributed by atoms with Gasteiger partial charge in [-0.1, -0.05) is 12.8 Å². The van der Waals surface area contributed by atoms with Gasteiger partial charge < -0.3 is 10.0 Å². The third kappa shape index (κ3) is 5.65. The first-order chi connectivity index (χ1) is 8.59. The topological polar surface area (TPSA) is 86.7 Å². The summed E-state index contributed by atoms with van der Waals surface area (Å²) < 4.78 is 0. The molecule has 0 spiro atoms. The summed E-state index contributed by atoms with van der Waals surface area (Å²) in [5.41, 5.74) is 0. The van der Waals surface area contributed by atoms with Gasteiger partial charge in [-0.25, -0.2) is 4.79 Å². The summed E-state index contributed by atoms with van der Waals surface area (Å²) >= 11 is 0. The Morgan fingerprint density at radius 3 is 2.17 bits per heavy atom. The first kappa shape index (κ1) is 14.5. The zero-order valence-corrected chi connectivity index (χ0v) is 10.5. The van der Waals surface area contributed by atoms with Gasteiger partial charge in [-0.2, -0.15) is 0 Å². The third-order valence-corrected chi connectivity index (χ3v) is 2.93. The molecule has 6 nitrogen and oxygen atoms in total. The van der Waals surface area contributed by atoms with Crippen molar-refractivity contribution >= 4 is 17.9 Å². The van der Waals surface area contributed by atoms with E-state index in [4.69, 9.17) is 5.11 Å². The molecule has 0 aromatic heterocycles. The van der Waals surface area contributed by atoms with Crippen LogP contribution in [-0.2, 0) is 9.59 Å². The van der Waals surface area contributed by atoms with Crippen molar-refractivity contribution in [1.29, 1.82) is 0 Å². The van der Waals surface area contributed by atoms with Gasteiger partial charge in [-0.05, 0) is 19.3 Å². The lowest BCUT2D eigenvalue weighted by atomic mass is 10.2. The molecule has 3 amide bonds. The van der Waals surface area contributed by atoms with Crippen LogP contribution in [-0.4, -0.2) is 41.0 Å². The van der Waals surface area contributed by atoms with Crippen LogP contribution >= 0.6 is 0 Å². The van der Waals surface area contributed by atoms with Crippen molar-refractivity contribution in [2.24, 2.45) is 0 Å². The van der Waals surface area contributed by atoms with Gasteiger partial charge in [-0.15, -0.1) is 0 Å². The predicted octanol–water partition coefficient (Wildman–Crippen LogP) is 1.35. The van der Waals surface area contributed by atoms with Crippen molar-refractivity contribution in [3.63, 3.8) is 0 Å². The van der Waals surface area contributed by atoms with Crippen LogP contribution in [0.4, 0.5) is 4.79 Å². The highest BCUT2D eigenvalue weighted by Gasteiger charge is 2.17. The fourth-order valence-corrected chi connectivity index (χ4v) is 1.93. The Balaban J connectivity index is 2.25. The Morgan fingerprint density at radius 2 is 1.61 bits per heavy atom. The molecular weight excluding hydrogens is 236 g/mol. The van der Waals surface area contributed by atoms with Crippen LogP contribution in [0.5, 0.6) is 0 Å². The van der Waals surface area contributed by atoms with Crippen LogP contribution in [0, 0.1) is 0 Å². The molecule has 1 saturated heterocycles. The van der Waals surface area contributed by atoms with Gasteiger partial charge in [-0.3, -0.25) is 14.9 Å². The minimum Gasteiger partial charge on any atom is -0.481 e. The van der Waals surface area contributed by atoms with E-state index in [0.717, 1.165) is 25.7 Å². The maximum atomic E-state index is 11.7. The number of carboxylic acid groups (broad SMARTS) is 1. The number of carbonyl (C=O) groups excluding carboxylic acids is 2. The van der Waals surface area contributed by atoms with Crippen molar-refractivity contribution in [2.75, 3.05) is 13.1 Å². The highest BCUT2D eigenvalue weighted by molar-refractivity contribution is 5.94. The van der Waals surface area contributed by atoms with E-state index in [1.165, 1.54) is 0 Å². The largest absolute Gasteiger partial charge is 0.481 e. The molecule has 0 atom stereocenters. The second-order valence-corrected chi connectivity index (χ2v) is 4.50. The van der Waals surface area contributed by atoms with E-state index < -0.39 is 11.9 Å². The van der Waals surface area contributed by atoms with Gasteiger partial charge in [0, 0.05) is 25.9 Å². The van der Waals surface area contributed by atoms with E-state index in [2.05, 4.69) is 5.32 Å². The van der Waals surface area contributed by atoms with E-state index in [9.17, 15) is 14.4 Å². The number of hydrogen-bond acceptors (Lipinski definition) is 3. The molecular formula is C12H20N2O4. The molecule has 18 heavy (non-hydrogen) atoms. The number of nitrogens with zero attached hydrogens (tertiary/aromatic N) is 1. The molecule has 0 radical (unpaired) electrons. The van der Waals surface area contributed by atoms with E-state index in [0.29, 0.717) is 13.1 Å². The zero-order valence-electron chi connectivity index (χ0n) is 10.5. The summed E-state index contributed by atoms with van der Waals surface area (Å²) in [7, 11) is 0. The van der Waals surface area contributed by atoms with Gasteiger partial charge >= 0.3 is 12.0 Å². The normalized spacial score (nSPS) is 15.9. The molecule has 1 heterocycles. The zero-order chi connectivity index (χ0) is 13.4. The van der Waals surface area contributed by atoms with Crippen molar-refractivity contribution in [1.82, 2.24) is 10.2 Å². The van der Waals surface area contributed by atoms with Gasteiger partial charge in [0.15, 0.2) is 0 Å². The maximum absolute atomic E-state index is 11.7. The van der Waals surface area contributed by atoms with E-state index in [1.807, 2.05) is 0 Å². The Hall–Kier alpha value is -1.59. The minimum atomic E-state index is -0.929. The smallest absolute Gasteiger partial charge is 0.324 e. The SMILES string of the molecule is O=C(O)CCCC(=O)NC(=O)N1CCCCCC1. The first-order valence-corrected chi connectivity index (χ1v) is 6.40. The molecule has 6 heteroatoms. The van der Waals surface area contributed by atoms with Crippen LogP contribution in [0.1, 0.15) is 44.9 Å². The average Bonchev–Trinajstić information content (AvgIpc) is 2.56. The van der Waals surface area contributed by atoms with E-state index in [-0.39, 0.29) is 25.3 Å². The fourth-order valence-electron chi connectivity index (χ4n) is 1.93. The summed E-state index contributed by atoms with van der Waals surface area (Å²) in [5, 5.41) is 10.7. The van der Waals surface area contributed by atoms with E-state index >= 15 is 0 Å². The van der Waals surface area contributed by atoms with Crippen LogP contribution in [0.15, 0.2) is 0 Å². The van der Waals surface area contributed by atoms with Gasteiger partial charge in [0.05, 0.1) is 0 Å². The Labute approximate surface area is 106 Å². The molecule has 1 fully saturated rings. The lowest BCUT2D eigenvalue weighted by Crippen LogP contribution is -2.43. The van der Waals surface area contributed by atoms with Gasteiger partial charge in [0.2, 0.25) is 5.91 Å².